The van der Waals surface area contributed by atoms with Crippen molar-refractivity contribution in [2.24, 2.45) is 5.73 Å². The minimum Gasteiger partial charge on any atom is -0.323 e. The van der Waals surface area contributed by atoms with Crippen LogP contribution in [0, 0.1) is 20.8 Å². The molecule has 0 aliphatic rings. The Bertz CT molecular complexity index is 637. The van der Waals surface area contributed by atoms with Gasteiger partial charge in [-0.25, -0.2) is 0 Å². The van der Waals surface area contributed by atoms with Crippen molar-refractivity contribution in [3.05, 3.63) is 64.7 Å². The van der Waals surface area contributed by atoms with Crippen LogP contribution in [0.1, 0.15) is 28.3 Å². The second-order valence-corrected chi connectivity index (χ2v) is 6.71. The smallest absolute Gasteiger partial charge is 0.0551 e. The molecule has 0 aliphatic carbocycles. The van der Waals surface area contributed by atoms with Crippen LogP contribution in [0.4, 0.5) is 0 Å². The van der Waals surface area contributed by atoms with Crippen LogP contribution in [0.2, 0.25) is 0 Å². The van der Waals surface area contributed by atoms with E-state index in [0.29, 0.717) is 5.75 Å². The average Bonchev–Trinajstić information content (AvgIpc) is 2.41. The van der Waals surface area contributed by atoms with Crippen LogP contribution in [-0.2, 0) is 10.8 Å². The maximum absolute atomic E-state index is 12.5. The van der Waals surface area contributed by atoms with E-state index in [0.717, 1.165) is 21.6 Å². The first-order valence-electron chi connectivity index (χ1n) is 6.76. The lowest BCUT2D eigenvalue weighted by Crippen LogP contribution is -2.20. The molecule has 2 N–H and O–H groups in total. The Morgan fingerprint density at radius 3 is 2.45 bits per heavy atom. The third-order valence-corrected chi connectivity index (χ3v) is 5.11. The fourth-order valence-electron chi connectivity index (χ4n) is 2.31. The zero-order chi connectivity index (χ0) is 14.7. The Balaban J connectivity index is 2.19. The van der Waals surface area contributed by atoms with Crippen molar-refractivity contribution in [1.82, 2.24) is 0 Å². The summed E-state index contributed by atoms with van der Waals surface area (Å²) in [7, 11) is -1.07. The first-order valence-corrected chi connectivity index (χ1v) is 8.07. The normalized spacial score (nSPS) is 14.0. The molecule has 0 saturated heterocycles. The number of rotatable bonds is 4. The summed E-state index contributed by atoms with van der Waals surface area (Å²) in [6.45, 7) is 6.08. The van der Waals surface area contributed by atoms with Crippen LogP contribution < -0.4 is 5.73 Å². The average molecular weight is 287 g/mol. The van der Waals surface area contributed by atoms with Gasteiger partial charge in [-0.1, -0.05) is 42.0 Å². The molecule has 2 unspecified atom stereocenters. The van der Waals surface area contributed by atoms with Gasteiger partial charge in [-0.2, -0.15) is 0 Å². The Morgan fingerprint density at radius 1 is 1.05 bits per heavy atom. The molecule has 0 saturated carbocycles. The van der Waals surface area contributed by atoms with Crippen molar-refractivity contribution in [3.8, 4) is 0 Å². The van der Waals surface area contributed by atoms with E-state index in [2.05, 4.69) is 18.2 Å². The van der Waals surface area contributed by atoms with E-state index in [1.165, 1.54) is 5.56 Å². The highest BCUT2D eigenvalue weighted by Gasteiger charge is 2.15. The predicted octanol–water partition coefficient (Wildman–Crippen LogP) is 3.42. The lowest BCUT2D eigenvalue weighted by molar-refractivity contribution is 0.674. The molecule has 2 atom stereocenters. The van der Waals surface area contributed by atoms with E-state index in [-0.39, 0.29) is 6.04 Å². The molecule has 2 nitrogen and oxygen atoms in total. The van der Waals surface area contributed by atoms with Crippen molar-refractivity contribution < 1.29 is 4.21 Å². The van der Waals surface area contributed by atoms with Crippen LogP contribution >= 0.6 is 0 Å². The maximum Gasteiger partial charge on any atom is 0.0551 e. The van der Waals surface area contributed by atoms with Crippen LogP contribution in [-0.4, -0.2) is 9.96 Å². The summed E-state index contributed by atoms with van der Waals surface area (Å²) in [6, 6.07) is 13.8. The van der Waals surface area contributed by atoms with Gasteiger partial charge in [0.1, 0.15) is 0 Å². The van der Waals surface area contributed by atoms with Gasteiger partial charge in [-0.15, -0.1) is 0 Å². The Morgan fingerprint density at radius 2 is 1.75 bits per heavy atom. The molecule has 0 aromatic heterocycles. The van der Waals surface area contributed by atoms with Crippen molar-refractivity contribution in [2.75, 3.05) is 5.75 Å². The fourth-order valence-corrected chi connectivity index (χ4v) is 3.66. The molecule has 2 aromatic rings. The van der Waals surface area contributed by atoms with Gasteiger partial charge in [0.05, 0.1) is 10.8 Å². The van der Waals surface area contributed by atoms with Crippen molar-refractivity contribution in [2.45, 2.75) is 31.7 Å². The minimum atomic E-state index is -1.07. The van der Waals surface area contributed by atoms with Crippen molar-refractivity contribution in [1.29, 1.82) is 0 Å². The second kappa shape index (κ2) is 6.33. The lowest BCUT2D eigenvalue weighted by atomic mass is 10.0. The van der Waals surface area contributed by atoms with Gasteiger partial charge in [0, 0.05) is 16.7 Å². The quantitative estimate of drug-likeness (QED) is 0.936. The summed E-state index contributed by atoms with van der Waals surface area (Å²) in [5.41, 5.74) is 10.7. The number of hydrogen-bond donors (Lipinski definition) is 1. The Hall–Kier alpha value is -1.45. The fraction of sp³-hybridized carbons (Fsp3) is 0.294. The van der Waals surface area contributed by atoms with E-state index in [4.69, 9.17) is 5.73 Å². The number of aryl methyl sites for hydroxylation is 3. The summed E-state index contributed by atoms with van der Waals surface area (Å²) in [5.74, 6) is 0.454. The number of nitrogens with two attached hydrogens (primary N) is 1. The first kappa shape index (κ1) is 14.9. The molecule has 2 aromatic carbocycles. The molecule has 2 rings (SSSR count). The molecular weight excluding hydrogens is 266 g/mol. The Labute approximate surface area is 123 Å². The van der Waals surface area contributed by atoms with Gasteiger partial charge in [-0.3, -0.25) is 4.21 Å². The first-order chi connectivity index (χ1) is 9.49. The molecule has 0 aliphatic heterocycles. The molecule has 0 bridgehead atoms. The monoisotopic (exact) mass is 287 g/mol. The molecule has 3 heteroatoms. The topological polar surface area (TPSA) is 43.1 Å². The van der Waals surface area contributed by atoms with Gasteiger partial charge < -0.3 is 5.73 Å². The van der Waals surface area contributed by atoms with Crippen molar-refractivity contribution >= 4 is 10.8 Å². The molecule has 106 valence electrons. The molecule has 0 amide bonds. The SMILES string of the molecule is Cc1ccc(C)c(C(N)CS(=O)c2ccccc2C)c1. The van der Waals surface area contributed by atoms with E-state index in [9.17, 15) is 4.21 Å². The zero-order valence-corrected chi connectivity index (χ0v) is 13.0. The number of benzene rings is 2. The highest BCUT2D eigenvalue weighted by Crippen LogP contribution is 2.21. The Kier molecular flexibility index (Phi) is 4.73. The molecule has 0 spiro atoms. The summed E-state index contributed by atoms with van der Waals surface area (Å²) in [6.07, 6.45) is 0. The largest absolute Gasteiger partial charge is 0.323 e. The summed E-state index contributed by atoms with van der Waals surface area (Å²) in [4.78, 5) is 0.883. The van der Waals surface area contributed by atoms with Crippen LogP contribution in [0.3, 0.4) is 0 Å². The van der Waals surface area contributed by atoms with Crippen molar-refractivity contribution in [3.63, 3.8) is 0 Å². The minimum absolute atomic E-state index is 0.199. The van der Waals surface area contributed by atoms with E-state index in [1.54, 1.807) is 0 Å². The van der Waals surface area contributed by atoms with Gasteiger partial charge in [0.2, 0.25) is 0 Å². The summed E-state index contributed by atoms with van der Waals surface area (Å²) >= 11 is 0. The third kappa shape index (κ3) is 3.35. The molecule has 20 heavy (non-hydrogen) atoms. The van der Waals surface area contributed by atoms with Gasteiger partial charge in [0.15, 0.2) is 0 Å². The van der Waals surface area contributed by atoms with Crippen LogP contribution in [0.15, 0.2) is 47.4 Å². The molecule has 0 radical (unpaired) electrons. The molecule has 0 fully saturated rings. The van der Waals surface area contributed by atoms with E-state index in [1.807, 2.05) is 45.0 Å². The molecule has 0 heterocycles. The highest BCUT2D eigenvalue weighted by molar-refractivity contribution is 7.85. The number of hydrogen-bond acceptors (Lipinski definition) is 2. The van der Waals surface area contributed by atoms with E-state index >= 15 is 0 Å². The second-order valence-electron chi connectivity index (χ2n) is 5.24. The summed E-state index contributed by atoms with van der Waals surface area (Å²) in [5, 5.41) is 0. The predicted molar refractivity (Wildman–Crippen MR) is 85.3 cm³/mol. The highest BCUT2D eigenvalue weighted by atomic mass is 32.2. The maximum atomic E-state index is 12.5. The van der Waals surface area contributed by atoms with Gasteiger partial charge >= 0.3 is 0 Å². The zero-order valence-electron chi connectivity index (χ0n) is 12.2. The molecular formula is C17H21NOS. The third-order valence-electron chi connectivity index (χ3n) is 3.50. The van der Waals surface area contributed by atoms with Gasteiger partial charge in [0.25, 0.3) is 0 Å². The summed E-state index contributed by atoms with van der Waals surface area (Å²) < 4.78 is 12.5. The van der Waals surface area contributed by atoms with E-state index < -0.39 is 10.8 Å². The van der Waals surface area contributed by atoms with Crippen LogP contribution in [0.5, 0.6) is 0 Å². The standard InChI is InChI=1S/C17H21NOS/c1-12-8-9-13(2)15(10-12)16(18)11-20(19)17-7-5-4-6-14(17)3/h4-10,16H,11,18H2,1-3H3. The van der Waals surface area contributed by atoms with Crippen LogP contribution in [0.25, 0.3) is 0 Å². The lowest BCUT2D eigenvalue weighted by Gasteiger charge is -2.16. The van der Waals surface area contributed by atoms with Gasteiger partial charge in [-0.05, 0) is 43.5 Å².